The molecule has 3 heterocycles. The van der Waals surface area contributed by atoms with E-state index < -0.39 is 0 Å². The highest BCUT2D eigenvalue weighted by Crippen LogP contribution is 2.55. The van der Waals surface area contributed by atoms with Crippen LogP contribution in [0.1, 0.15) is 36.6 Å². The van der Waals surface area contributed by atoms with Gasteiger partial charge in [-0.3, -0.25) is 15.0 Å². The molecule has 2 atom stereocenters. The van der Waals surface area contributed by atoms with Gasteiger partial charge in [0.1, 0.15) is 0 Å². The van der Waals surface area contributed by atoms with E-state index in [2.05, 4.69) is 74.8 Å². The molecule has 1 aromatic heterocycles. The van der Waals surface area contributed by atoms with Gasteiger partial charge in [-0.25, -0.2) is 0 Å². The lowest BCUT2D eigenvalue weighted by molar-refractivity contribution is 0.391. The van der Waals surface area contributed by atoms with Crippen LogP contribution in [0, 0.1) is 0 Å². The van der Waals surface area contributed by atoms with E-state index in [4.69, 9.17) is 15.0 Å². The van der Waals surface area contributed by atoms with Gasteiger partial charge in [0, 0.05) is 41.1 Å². The smallest absolute Gasteiger partial charge is 0.0667 e. The Bertz CT molecular complexity index is 1000. The number of hydrogen-bond donors (Lipinski definition) is 0. The molecule has 0 N–H and O–H groups in total. The van der Waals surface area contributed by atoms with E-state index in [1.165, 1.54) is 11.1 Å². The van der Waals surface area contributed by atoms with Gasteiger partial charge in [-0.15, -0.1) is 0 Å². The first-order valence-electron chi connectivity index (χ1n) is 9.33. The summed E-state index contributed by atoms with van der Waals surface area (Å²) in [6.45, 7) is 4.56. The van der Waals surface area contributed by atoms with Gasteiger partial charge < -0.3 is 0 Å². The predicted molar refractivity (Wildman–Crippen MR) is 111 cm³/mol. The summed E-state index contributed by atoms with van der Waals surface area (Å²) in [5.74, 6) is 0.0750. The Morgan fingerprint density at radius 1 is 0.667 bits per heavy atom. The van der Waals surface area contributed by atoms with Crippen molar-refractivity contribution in [1.82, 2.24) is 4.98 Å². The molecule has 0 spiro atoms. The molecule has 27 heavy (non-hydrogen) atoms. The summed E-state index contributed by atoms with van der Waals surface area (Å²) in [5.41, 5.74) is 5.11. The molecular formula is C24H21N3. The van der Waals surface area contributed by atoms with Crippen LogP contribution in [0.3, 0.4) is 0 Å². The molecule has 2 unspecified atom stereocenters. The molecule has 132 valence electrons. The van der Waals surface area contributed by atoms with Crippen LogP contribution in [-0.4, -0.2) is 17.4 Å². The first-order chi connectivity index (χ1) is 13.1. The highest BCUT2D eigenvalue weighted by Gasteiger charge is 2.52. The molecule has 2 aromatic carbocycles. The predicted octanol–water partition coefficient (Wildman–Crippen LogP) is 5.51. The van der Waals surface area contributed by atoms with Gasteiger partial charge in [0.25, 0.3) is 0 Å². The molecule has 5 rings (SSSR count). The van der Waals surface area contributed by atoms with E-state index in [-0.39, 0.29) is 16.7 Å². The Hall–Kier alpha value is -3.07. The number of rotatable bonds is 3. The molecule has 2 aliphatic rings. The van der Waals surface area contributed by atoms with Crippen molar-refractivity contribution in [2.45, 2.75) is 30.6 Å². The highest BCUT2D eigenvalue weighted by molar-refractivity contribution is 5.91. The lowest BCUT2D eigenvalue weighted by atomic mass is 9.58. The van der Waals surface area contributed by atoms with Crippen LogP contribution in [0.5, 0.6) is 0 Å². The van der Waals surface area contributed by atoms with Crippen molar-refractivity contribution >= 4 is 23.8 Å². The Balaban J connectivity index is 1.76. The van der Waals surface area contributed by atoms with Crippen LogP contribution in [0.2, 0.25) is 0 Å². The minimum absolute atomic E-state index is 0.0750. The van der Waals surface area contributed by atoms with Gasteiger partial charge in [0.15, 0.2) is 0 Å². The number of fused-ring (bicyclic) bond motifs is 2. The average Bonchev–Trinajstić information content (AvgIpc) is 3.22. The van der Waals surface area contributed by atoms with Crippen LogP contribution < -0.4 is 0 Å². The quantitative estimate of drug-likeness (QED) is 0.613. The molecule has 0 radical (unpaired) electrons. The molecule has 0 bridgehead atoms. The first-order valence-corrected chi connectivity index (χ1v) is 9.33. The summed E-state index contributed by atoms with van der Waals surface area (Å²) in [6, 6.07) is 23.0. The normalized spacial score (nSPS) is 26.0. The summed E-state index contributed by atoms with van der Waals surface area (Å²) >= 11 is 0. The summed E-state index contributed by atoms with van der Waals surface area (Å²) in [4.78, 5) is 14.3. The number of aromatic nitrogens is 1. The second-order valence-corrected chi connectivity index (χ2v) is 7.80. The van der Waals surface area contributed by atoms with E-state index in [0.29, 0.717) is 0 Å². The Morgan fingerprint density at radius 2 is 1.19 bits per heavy atom. The van der Waals surface area contributed by atoms with Crippen molar-refractivity contribution in [3.8, 4) is 0 Å². The van der Waals surface area contributed by atoms with Crippen molar-refractivity contribution in [1.29, 1.82) is 0 Å². The van der Waals surface area contributed by atoms with Gasteiger partial charge in [-0.05, 0) is 49.2 Å². The number of pyridine rings is 1. The molecule has 0 aliphatic carbocycles. The molecule has 0 fully saturated rings. The van der Waals surface area contributed by atoms with Crippen LogP contribution in [0.4, 0.5) is 11.4 Å². The zero-order valence-electron chi connectivity index (χ0n) is 15.5. The average molecular weight is 351 g/mol. The van der Waals surface area contributed by atoms with Crippen LogP contribution in [-0.2, 0) is 10.8 Å². The zero-order valence-corrected chi connectivity index (χ0v) is 15.5. The lowest BCUT2D eigenvalue weighted by Gasteiger charge is -2.42. The minimum atomic E-state index is -0.275. The molecule has 2 aliphatic heterocycles. The largest absolute Gasteiger partial charge is 0.261 e. The summed E-state index contributed by atoms with van der Waals surface area (Å²) in [6.07, 6.45) is 6.10. The summed E-state index contributed by atoms with van der Waals surface area (Å²) in [7, 11) is 0. The second-order valence-electron chi connectivity index (χ2n) is 7.80. The Kier molecular flexibility index (Phi) is 3.41. The Labute approximate surface area is 159 Å². The van der Waals surface area contributed by atoms with E-state index >= 15 is 0 Å². The molecule has 0 amide bonds. The third kappa shape index (κ3) is 2.24. The molecule has 3 heteroatoms. The maximum Gasteiger partial charge on any atom is 0.0667 e. The van der Waals surface area contributed by atoms with Crippen molar-refractivity contribution in [2.24, 2.45) is 9.98 Å². The maximum atomic E-state index is 4.78. The molecule has 0 saturated heterocycles. The van der Waals surface area contributed by atoms with Gasteiger partial charge >= 0.3 is 0 Å². The fourth-order valence-electron chi connectivity index (χ4n) is 4.87. The van der Waals surface area contributed by atoms with Gasteiger partial charge in [-0.2, -0.15) is 0 Å². The first kappa shape index (κ1) is 16.1. The third-order valence-corrected chi connectivity index (χ3v) is 6.10. The maximum absolute atomic E-state index is 4.78. The molecule has 0 saturated carbocycles. The van der Waals surface area contributed by atoms with Gasteiger partial charge in [-0.1, -0.05) is 42.5 Å². The second kappa shape index (κ2) is 5.71. The van der Waals surface area contributed by atoms with Crippen molar-refractivity contribution < 1.29 is 0 Å². The minimum Gasteiger partial charge on any atom is -0.261 e. The van der Waals surface area contributed by atoms with Crippen LogP contribution >= 0.6 is 0 Å². The van der Waals surface area contributed by atoms with Crippen LogP contribution in [0.15, 0.2) is 82.9 Å². The zero-order chi connectivity index (χ0) is 18.5. The van der Waals surface area contributed by atoms with Crippen molar-refractivity contribution in [3.63, 3.8) is 0 Å². The number of benzene rings is 2. The van der Waals surface area contributed by atoms with Crippen molar-refractivity contribution in [3.05, 3.63) is 89.7 Å². The lowest BCUT2D eigenvalue weighted by Crippen LogP contribution is -2.44. The fourth-order valence-corrected chi connectivity index (χ4v) is 4.87. The Morgan fingerprint density at radius 3 is 1.70 bits per heavy atom. The fraction of sp³-hybridized carbons (Fsp3) is 0.208. The molecular weight excluding hydrogens is 330 g/mol. The van der Waals surface area contributed by atoms with Gasteiger partial charge in [0.05, 0.1) is 11.4 Å². The van der Waals surface area contributed by atoms with E-state index in [1.54, 1.807) is 0 Å². The number of aliphatic imine (C=N–C) groups is 2. The molecule has 3 aromatic rings. The topological polar surface area (TPSA) is 37.6 Å². The van der Waals surface area contributed by atoms with Gasteiger partial charge in [0.2, 0.25) is 0 Å². The van der Waals surface area contributed by atoms with E-state index in [1.807, 2.05) is 24.4 Å². The molecule has 3 nitrogen and oxygen atoms in total. The monoisotopic (exact) mass is 351 g/mol. The summed E-state index contributed by atoms with van der Waals surface area (Å²) in [5, 5.41) is 0. The van der Waals surface area contributed by atoms with E-state index in [9.17, 15) is 0 Å². The summed E-state index contributed by atoms with van der Waals surface area (Å²) < 4.78 is 0. The third-order valence-electron chi connectivity index (χ3n) is 6.10. The SMILES string of the molecule is CC1(C(c2ccccn2)C2(C)C=Nc3ccccc32)C=Nc2ccccc21. The number of hydrogen-bond acceptors (Lipinski definition) is 3. The number of nitrogens with zero attached hydrogens (tertiary/aromatic N) is 3. The van der Waals surface area contributed by atoms with Crippen molar-refractivity contribution in [2.75, 3.05) is 0 Å². The standard InChI is InChI=1S/C24H21N3/c1-23(15-26-19-11-5-3-9-17(19)23)22(21-13-7-8-14-25-21)24(2)16-27-20-12-6-4-10-18(20)24/h3-16,22H,1-2H3. The van der Waals surface area contributed by atoms with Crippen LogP contribution in [0.25, 0.3) is 0 Å². The number of para-hydroxylation sites is 2. The highest BCUT2D eigenvalue weighted by atomic mass is 14.8. The van der Waals surface area contributed by atoms with E-state index in [0.717, 1.165) is 17.1 Å².